The zero-order valence-electron chi connectivity index (χ0n) is 19.6. The van der Waals surface area contributed by atoms with Crippen molar-refractivity contribution in [3.63, 3.8) is 0 Å². The Labute approximate surface area is 211 Å². The number of thioether (sulfide) groups is 1. The van der Waals surface area contributed by atoms with Crippen LogP contribution in [0.15, 0.2) is 42.5 Å². The molecule has 2 rings (SSSR count). The summed E-state index contributed by atoms with van der Waals surface area (Å²) in [5.41, 5.74) is 1.74. The van der Waals surface area contributed by atoms with Crippen LogP contribution in [0.3, 0.4) is 0 Å². The Kier molecular flexibility index (Phi) is 11.4. The molecule has 0 bridgehead atoms. The van der Waals surface area contributed by atoms with Crippen molar-refractivity contribution >= 4 is 46.8 Å². The van der Waals surface area contributed by atoms with Crippen LogP contribution < -0.4 is 10.1 Å². The van der Waals surface area contributed by atoms with Crippen molar-refractivity contribution in [1.82, 2.24) is 10.2 Å². The molecule has 5 nitrogen and oxygen atoms in total. The number of carbonyl (C=O) groups is 2. The minimum absolute atomic E-state index is 0.129. The molecule has 0 heterocycles. The van der Waals surface area contributed by atoms with Crippen LogP contribution in [0.25, 0.3) is 0 Å². The van der Waals surface area contributed by atoms with E-state index in [1.54, 1.807) is 30.2 Å². The molecule has 0 aromatic heterocycles. The van der Waals surface area contributed by atoms with Gasteiger partial charge in [0.1, 0.15) is 11.8 Å². The van der Waals surface area contributed by atoms with Gasteiger partial charge < -0.3 is 15.0 Å². The van der Waals surface area contributed by atoms with Crippen molar-refractivity contribution in [2.45, 2.75) is 45.5 Å². The normalized spacial score (nSPS) is 11.8. The molecule has 1 atom stereocenters. The topological polar surface area (TPSA) is 58.6 Å². The average molecular weight is 512 g/mol. The van der Waals surface area contributed by atoms with E-state index < -0.39 is 6.04 Å². The fourth-order valence-corrected chi connectivity index (χ4v) is 4.64. The van der Waals surface area contributed by atoms with Gasteiger partial charge in [-0.25, -0.2) is 0 Å². The van der Waals surface area contributed by atoms with Crippen molar-refractivity contribution in [3.05, 3.63) is 63.6 Å². The Hall–Kier alpha value is -1.89. The Balaban J connectivity index is 2.16. The number of amides is 2. The van der Waals surface area contributed by atoms with E-state index in [2.05, 4.69) is 5.32 Å². The fourth-order valence-electron chi connectivity index (χ4n) is 3.26. The van der Waals surface area contributed by atoms with Gasteiger partial charge in [0.05, 0.1) is 12.9 Å². The second-order valence-corrected chi connectivity index (χ2v) is 9.93. The molecule has 1 N–H and O–H groups in total. The van der Waals surface area contributed by atoms with E-state index in [1.807, 2.05) is 45.0 Å². The summed E-state index contributed by atoms with van der Waals surface area (Å²) in [6.07, 6.45) is 0.487. The van der Waals surface area contributed by atoms with Crippen LogP contribution >= 0.6 is 35.0 Å². The molecule has 33 heavy (non-hydrogen) atoms. The first-order valence-electron chi connectivity index (χ1n) is 11.0. The second-order valence-electron chi connectivity index (χ2n) is 8.13. The predicted octanol–water partition coefficient (Wildman–Crippen LogP) is 5.81. The quantitative estimate of drug-likeness (QED) is 0.391. The van der Waals surface area contributed by atoms with Gasteiger partial charge in [-0.2, -0.15) is 0 Å². The van der Waals surface area contributed by atoms with Crippen LogP contribution in [0.5, 0.6) is 5.75 Å². The summed E-state index contributed by atoms with van der Waals surface area (Å²) in [4.78, 5) is 27.9. The van der Waals surface area contributed by atoms with E-state index in [-0.39, 0.29) is 24.1 Å². The van der Waals surface area contributed by atoms with E-state index >= 15 is 0 Å². The number of carbonyl (C=O) groups excluding carboxylic acids is 2. The minimum Gasteiger partial charge on any atom is -0.497 e. The molecule has 0 saturated heterocycles. The number of nitrogens with zero attached hydrogens (tertiary/aromatic N) is 1. The maximum atomic E-state index is 13.3. The van der Waals surface area contributed by atoms with Crippen LogP contribution in [-0.2, 0) is 21.9 Å². The van der Waals surface area contributed by atoms with Gasteiger partial charge in [-0.05, 0) is 42.2 Å². The first-order valence-corrected chi connectivity index (χ1v) is 12.9. The highest BCUT2D eigenvalue weighted by Crippen LogP contribution is 2.27. The van der Waals surface area contributed by atoms with E-state index in [0.717, 1.165) is 11.3 Å². The lowest BCUT2D eigenvalue weighted by atomic mass is 10.1. The van der Waals surface area contributed by atoms with Gasteiger partial charge in [-0.15, -0.1) is 11.8 Å². The van der Waals surface area contributed by atoms with Crippen molar-refractivity contribution in [2.24, 2.45) is 5.92 Å². The third-order valence-corrected chi connectivity index (χ3v) is 6.81. The number of nitrogens with one attached hydrogen (secondary N) is 1. The number of rotatable bonds is 12. The molecule has 2 amide bonds. The van der Waals surface area contributed by atoms with Crippen LogP contribution in [0.1, 0.15) is 38.3 Å². The largest absolute Gasteiger partial charge is 0.497 e. The highest BCUT2D eigenvalue weighted by Gasteiger charge is 2.29. The van der Waals surface area contributed by atoms with Crippen molar-refractivity contribution in [2.75, 3.05) is 19.4 Å². The maximum absolute atomic E-state index is 13.3. The number of hydrogen-bond acceptors (Lipinski definition) is 4. The molecule has 180 valence electrons. The highest BCUT2D eigenvalue weighted by molar-refractivity contribution is 7.99. The van der Waals surface area contributed by atoms with Crippen molar-refractivity contribution in [3.8, 4) is 5.75 Å². The Morgan fingerprint density at radius 3 is 2.27 bits per heavy atom. The van der Waals surface area contributed by atoms with Gasteiger partial charge in [0, 0.05) is 34.5 Å². The lowest BCUT2D eigenvalue weighted by Gasteiger charge is -2.31. The Morgan fingerprint density at radius 2 is 1.73 bits per heavy atom. The Bertz CT molecular complexity index is 902. The monoisotopic (exact) mass is 510 g/mol. The van der Waals surface area contributed by atoms with E-state index in [9.17, 15) is 9.59 Å². The number of benzene rings is 2. The van der Waals surface area contributed by atoms with Crippen LogP contribution in [0, 0.1) is 5.92 Å². The molecule has 0 aliphatic heterocycles. The van der Waals surface area contributed by atoms with Crippen molar-refractivity contribution < 1.29 is 14.3 Å². The second kappa shape index (κ2) is 13.7. The molecule has 2 aromatic rings. The van der Waals surface area contributed by atoms with Crippen molar-refractivity contribution in [1.29, 1.82) is 0 Å². The zero-order chi connectivity index (χ0) is 24.4. The van der Waals surface area contributed by atoms with Crippen LogP contribution in [0.4, 0.5) is 0 Å². The predicted molar refractivity (Wildman–Crippen MR) is 138 cm³/mol. The smallest absolute Gasteiger partial charge is 0.242 e. The van der Waals surface area contributed by atoms with Gasteiger partial charge in [0.25, 0.3) is 0 Å². The maximum Gasteiger partial charge on any atom is 0.242 e. The summed E-state index contributed by atoms with van der Waals surface area (Å²) >= 11 is 14.3. The lowest BCUT2D eigenvalue weighted by Crippen LogP contribution is -2.50. The number of hydrogen-bond donors (Lipinski definition) is 1. The van der Waals surface area contributed by atoms with Gasteiger partial charge in [-0.1, -0.05) is 62.2 Å². The Morgan fingerprint density at radius 1 is 1.09 bits per heavy atom. The molecule has 0 radical (unpaired) electrons. The third kappa shape index (κ3) is 8.43. The molecule has 0 spiro atoms. The van der Waals surface area contributed by atoms with Gasteiger partial charge in [0.15, 0.2) is 0 Å². The van der Waals surface area contributed by atoms with Crippen LogP contribution in [-0.4, -0.2) is 42.2 Å². The SMILES string of the molecule is CC[C@@H](C(=O)NCC(C)C)N(Cc1c(Cl)cccc1Cl)C(=O)CSCc1ccc(OC)cc1. The average Bonchev–Trinajstić information content (AvgIpc) is 2.79. The molecule has 0 aliphatic rings. The van der Waals surface area contributed by atoms with Crippen LogP contribution in [0.2, 0.25) is 10.0 Å². The molecule has 8 heteroatoms. The van der Waals surface area contributed by atoms with E-state index in [1.165, 1.54) is 11.8 Å². The first-order chi connectivity index (χ1) is 15.8. The van der Waals surface area contributed by atoms with E-state index in [0.29, 0.717) is 40.2 Å². The summed E-state index contributed by atoms with van der Waals surface area (Å²) in [5.74, 6) is 1.72. The summed E-state index contributed by atoms with van der Waals surface area (Å²) in [6, 6.07) is 12.4. The third-order valence-electron chi connectivity index (χ3n) is 5.11. The zero-order valence-corrected chi connectivity index (χ0v) is 21.9. The number of methoxy groups -OCH3 is 1. The standard InChI is InChI=1S/C25H32Cl2N2O3S/c1-5-23(25(31)28-13-17(2)3)29(14-20-21(26)7-6-8-22(20)27)24(30)16-33-15-18-9-11-19(32-4)12-10-18/h6-12,17,23H,5,13-16H2,1-4H3,(H,28,31)/t23-/m0/s1. The minimum atomic E-state index is -0.606. The summed E-state index contributed by atoms with van der Waals surface area (Å²) in [7, 11) is 1.63. The molecule has 0 fully saturated rings. The number of ether oxygens (including phenoxy) is 1. The molecule has 0 unspecified atom stereocenters. The fraction of sp³-hybridized carbons (Fsp3) is 0.440. The molecular weight excluding hydrogens is 479 g/mol. The lowest BCUT2D eigenvalue weighted by molar-refractivity contribution is -0.139. The van der Waals surface area contributed by atoms with Gasteiger partial charge in [0.2, 0.25) is 11.8 Å². The molecular formula is C25H32Cl2N2O3S. The summed E-state index contributed by atoms with van der Waals surface area (Å²) < 4.78 is 5.19. The molecule has 2 aromatic carbocycles. The van der Waals surface area contributed by atoms with E-state index in [4.69, 9.17) is 27.9 Å². The van der Waals surface area contributed by atoms with Gasteiger partial charge in [-0.3, -0.25) is 9.59 Å². The highest BCUT2D eigenvalue weighted by atomic mass is 35.5. The molecule has 0 saturated carbocycles. The van der Waals surface area contributed by atoms with Gasteiger partial charge >= 0.3 is 0 Å². The number of halogens is 2. The summed E-state index contributed by atoms with van der Waals surface area (Å²) in [6.45, 7) is 6.69. The molecule has 0 aliphatic carbocycles. The first kappa shape index (κ1) is 27.4. The summed E-state index contributed by atoms with van der Waals surface area (Å²) in [5, 5.41) is 3.91.